The van der Waals surface area contributed by atoms with Gasteiger partial charge in [0, 0.05) is 12.8 Å². The van der Waals surface area contributed by atoms with Gasteiger partial charge in [-0.2, -0.15) is 0 Å². The van der Waals surface area contributed by atoms with E-state index in [4.69, 9.17) is 4.74 Å². The van der Waals surface area contributed by atoms with Crippen LogP contribution in [0.2, 0.25) is 0 Å². The fraction of sp³-hybridized carbons (Fsp3) is 0.833. The van der Waals surface area contributed by atoms with Crippen molar-refractivity contribution in [3.63, 3.8) is 0 Å². The lowest BCUT2D eigenvalue weighted by Gasteiger charge is -2.27. The van der Waals surface area contributed by atoms with Crippen LogP contribution in [0.4, 0.5) is 0 Å². The van der Waals surface area contributed by atoms with Gasteiger partial charge in [0.05, 0.1) is 11.7 Å². The SMILES string of the molecule is CC(C)(C)OC1CCC#CCCC1. The van der Waals surface area contributed by atoms with E-state index in [1.807, 2.05) is 0 Å². The number of hydrogen-bond acceptors (Lipinski definition) is 1. The maximum atomic E-state index is 5.95. The van der Waals surface area contributed by atoms with Crippen molar-refractivity contribution >= 4 is 0 Å². The maximum absolute atomic E-state index is 5.95. The molecule has 1 aliphatic rings. The highest BCUT2D eigenvalue weighted by Gasteiger charge is 2.18. The highest BCUT2D eigenvalue weighted by atomic mass is 16.5. The second-order valence-electron chi connectivity index (χ2n) is 4.64. The van der Waals surface area contributed by atoms with Crippen LogP contribution in [0.15, 0.2) is 0 Å². The Morgan fingerprint density at radius 1 is 1.08 bits per heavy atom. The molecular formula is C12H20O. The molecule has 74 valence electrons. The Morgan fingerprint density at radius 3 is 2.46 bits per heavy atom. The van der Waals surface area contributed by atoms with E-state index in [0.717, 1.165) is 19.3 Å². The number of hydrogen-bond donors (Lipinski definition) is 0. The van der Waals surface area contributed by atoms with Crippen molar-refractivity contribution < 1.29 is 4.74 Å². The van der Waals surface area contributed by atoms with Crippen LogP contribution in [0, 0.1) is 11.8 Å². The molecule has 0 heterocycles. The molecule has 0 saturated heterocycles. The fourth-order valence-electron chi connectivity index (χ4n) is 1.59. The molecule has 0 aliphatic heterocycles. The molecule has 0 saturated carbocycles. The maximum Gasteiger partial charge on any atom is 0.0602 e. The van der Waals surface area contributed by atoms with Crippen LogP contribution in [-0.2, 0) is 4.74 Å². The molecule has 0 radical (unpaired) electrons. The fourth-order valence-corrected chi connectivity index (χ4v) is 1.59. The lowest BCUT2D eigenvalue weighted by atomic mass is 10.0. The summed E-state index contributed by atoms with van der Waals surface area (Å²) in [6.45, 7) is 6.37. The molecular weight excluding hydrogens is 160 g/mol. The van der Waals surface area contributed by atoms with Gasteiger partial charge in [0.25, 0.3) is 0 Å². The van der Waals surface area contributed by atoms with Gasteiger partial charge in [-0.05, 0) is 40.0 Å². The van der Waals surface area contributed by atoms with Gasteiger partial charge in [0.2, 0.25) is 0 Å². The van der Waals surface area contributed by atoms with Crippen LogP contribution in [0.1, 0.15) is 52.9 Å². The molecule has 1 rings (SSSR count). The van der Waals surface area contributed by atoms with Crippen LogP contribution in [0.3, 0.4) is 0 Å². The minimum Gasteiger partial charge on any atom is -0.373 e. The molecule has 0 aromatic heterocycles. The lowest BCUT2D eigenvalue weighted by Crippen LogP contribution is -2.27. The molecule has 0 fully saturated rings. The van der Waals surface area contributed by atoms with Crippen molar-refractivity contribution in [2.24, 2.45) is 0 Å². The van der Waals surface area contributed by atoms with Crippen LogP contribution in [-0.4, -0.2) is 11.7 Å². The molecule has 1 aliphatic carbocycles. The van der Waals surface area contributed by atoms with Crippen LogP contribution in [0.5, 0.6) is 0 Å². The third-order valence-corrected chi connectivity index (χ3v) is 2.06. The van der Waals surface area contributed by atoms with E-state index in [0.29, 0.717) is 6.10 Å². The highest BCUT2D eigenvalue weighted by molar-refractivity contribution is 5.00. The summed E-state index contributed by atoms with van der Waals surface area (Å²) in [7, 11) is 0. The summed E-state index contributed by atoms with van der Waals surface area (Å²) >= 11 is 0. The van der Waals surface area contributed by atoms with E-state index >= 15 is 0 Å². The second-order valence-corrected chi connectivity index (χ2v) is 4.64. The van der Waals surface area contributed by atoms with E-state index in [-0.39, 0.29) is 5.60 Å². The molecule has 0 aromatic carbocycles. The van der Waals surface area contributed by atoms with E-state index in [1.165, 1.54) is 12.8 Å². The van der Waals surface area contributed by atoms with E-state index in [1.54, 1.807) is 0 Å². The molecule has 1 unspecified atom stereocenters. The molecule has 13 heavy (non-hydrogen) atoms. The molecule has 1 atom stereocenters. The van der Waals surface area contributed by atoms with Crippen molar-refractivity contribution in [2.45, 2.75) is 64.6 Å². The van der Waals surface area contributed by atoms with Gasteiger partial charge >= 0.3 is 0 Å². The topological polar surface area (TPSA) is 9.23 Å². The van der Waals surface area contributed by atoms with Gasteiger partial charge in [0.15, 0.2) is 0 Å². The number of ether oxygens (including phenoxy) is 1. The molecule has 0 spiro atoms. The average molecular weight is 180 g/mol. The standard InChI is InChI=1S/C12H20O/c1-12(2,3)13-11-9-7-5-4-6-8-10-11/h11H,5,7-10H2,1-3H3. The summed E-state index contributed by atoms with van der Waals surface area (Å²) in [5.74, 6) is 6.34. The van der Waals surface area contributed by atoms with Gasteiger partial charge in [-0.3, -0.25) is 0 Å². The Kier molecular flexibility index (Phi) is 3.81. The smallest absolute Gasteiger partial charge is 0.0602 e. The van der Waals surface area contributed by atoms with E-state index < -0.39 is 0 Å². The van der Waals surface area contributed by atoms with E-state index in [2.05, 4.69) is 32.6 Å². The first-order valence-corrected chi connectivity index (χ1v) is 5.21. The molecule has 0 amide bonds. The first-order valence-electron chi connectivity index (χ1n) is 5.21. The van der Waals surface area contributed by atoms with Gasteiger partial charge in [0.1, 0.15) is 0 Å². The number of rotatable bonds is 1. The van der Waals surface area contributed by atoms with Crippen LogP contribution < -0.4 is 0 Å². The summed E-state index contributed by atoms with van der Waals surface area (Å²) in [5.41, 5.74) is -0.00269. The summed E-state index contributed by atoms with van der Waals surface area (Å²) in [4.78, 5) is 0. The zero-order chi connectivity index (χ0) is 9.73. The third-order valence-electron chi connectivity index (χ3n) is 2.06. The predicted octanol–water partition coefficient (Wildman–Crippen LogP) is 3.14. The summed E-state index contributed by atoms with van der Waals surface area (Å²) in [5, 5.41) is 0. The Balaban J connectivity index is 2.38. The highest BCUT2D eigenvalue weighted by Crippen LogP contribution is 2.19. The zero-order valence-electron chi connectivity index (χ0n) is 9.02. The minimum atomic E-state index is -0.00269. The van der Waals surface area contributed by atoms with Crippen molar-refractivity contribution in [2.75, 3.05) is 0 Å². The Bertz CT molecular complexity index is 201. The normalized spacial score (nSPS) is 24.1. The monoisotopic (exact) mass is 180 g/mol. The lowest BCUT2D eigenvalue weighted by molar-refractivity contribution is -0.0661. The zero-order valence-corrected chi connectivity index (χ0v) is 9.02. The van der Waals surface area contributed by atoms with Gasteiger partial charge in [-0.25, -0.2) is 0 Å². The quantitative estimate of drug-likeness (QED) is 0.563. The van der Waals surface area contributed by atoms with E-state index in [9.17, 15) is 0 Å². The van der Waals surface area contributed by atoms with Crippen molar-refractivity contribution in [1.29, 1.82) is 0 Å². The minimum absolute atomic E-state index is 0.00269. The first-order chi connectivity index (χ1) is 6.08. The van der Waals surface area contributed by atoms with Crippen LogP contribution in [0.25, 0.3) is 0 Å². The third kappa shape index (κ3) is 4.95. The van der Waals surface area contributed by atoms with Gasteiger partial charge in [-0.15, -0.1) is 11.8 Å². The first kappa shape index (κ1) is 10.6. The van der Waals surface area contributed by atoms with Crippen molar-refractivity contribution in [3.05, 3.63) is 0 Å². The Labute approximate surface area is 81.9 Å². The van der Waals surface area contributed by atoms with Crippen LogP contribution >= 0.6 is 0 Å². The van der Waals surface area contributed by atoms with Crippen molar-refractivity contribution in [1.82, 2.24) is 0 Å². The second kappa shape index (κ2) is 4.67. The summed E-state index contributed by atoms with van der Waals surface area (Å²) < 4.78 is 5.95. The molecule has 1 heteroatoms. The Hall–Kier alpha value is -0.480. The van der Waals surface area contributed by atoms with Crippen molar-refractivity contribution in [3.8, 4) is 11.8 Å². The average Bonchev–Trinajstić information content (AvgIpc) is 1.92. The predicted molar refractivity (Wildman–Crippen MR) is 55.5 cm³/mol. The Morgan fingerprint density at radius 2 is 1.77 bits per heavy atom. The van der Waals surface area contributed by atoms with Gasteiger partial charge in [-0.1, -0.05) is 0 Å². The molecule has 1 nitrogen and oxygen atoms in total. The largest absolute Gasteiger partial charge is 0.373 e. The summed E-state index contributed by atoms with van der Waals surface area (Å²) in [6.07, 6.45) is 5.93. The summed E-state index contributed by atoms with van der Waals surface area (Å²) in [6, 6.07) is 0. The molecule has 0 N–H and O–H groups in total. The molecule has 0 bridgehead atoms. The van der Waals surface area contributed by atoms with Gasteiger partial charge < -0.3 is 4.74 Å². The molecule has 0 aromatic rings.